The highest BCUT2D eigenvalue weighted by molar-refractivity contribution is 6.32. The number of esters is 2. The minimum Gasteiger partial charge on any atom is -0.479 e. The van der Waals surface area contributed by atoms with Gasteiger partial charge < -0.3 is 14.2 Å². The summed E-state index contributed by atoms with van der Waals surface area (Å²) in [5, 5.41) is 4.78. The Morgan fingerprint density at radius 2 is 1.80 bits per heavy atom. The largest absolute Gasteiger partial charge is 0.479 e. The van der Waals surface area contributed by atoms with E-state index in [1.165, 1.54) is 18.9 Å². The molecule has 0 fully saturated rings. The average Bonchev–Trinajstić information content (AvgIpc) is 3.18. The second kappa shape index (κ2) is 9.16. The van der Waals surface area contributed by atoms with Crippen LogP contribution in [0.15, 0.2) is 48.5 Å². The number of para-hydroxylation sites is 1. The predicted octanol–water partition coefficient (Wildman–Crippen LogP) is 3.78. The minimum atomic E-state index is -0.739. The van der Waals surface area contributed by atoms with Crippen molar-refractivity contribution >= 4 is 23.5 Å². The molecule has 0 amide bonds. The normalized spacial score (nSPS) is 10.2. The number of nitrogens with zero attached hydrogens (tertiary/aromatic N) is 2. The highest BCUT2D eigenvalue weighted by Gasteiger charge is 2.31. The van der Waals surface area contributed by atoms with Crippen LogP contribution in [-0.2, 0) is 9.47 Å². The highest BCUT2D eigenvalue weighted by atomic mass is 35.5. The Morgan fingerprint density at radius 3 is 2.40 bits per heavy atom. The van der Waals surface area contributed by atoms with E-state index in [2.05, 4.69) is 11.0 Å². The predicted molar refractivity (Wildman–Crippen MR) is 111 cm³/mol. The molecule has 30 heavy (non-hydrogen) atoms. The van der Waals surface area contributed by atoms with Crippen LogP contribution < -0.4 is 4.74 Å². The molecule has 0 aliphatic rings. The van der Waals surface area contributed by atoms with Crippen molar-refractivity contribution in [3.63, 3.8) is 0 Å². The zero-order chi connectivity index (χ0) is 21.7. The summed E-state index contributed by atoms with van der Waals surface area (Å²) >= 11 is 6.30. The van der Waals surface area contributed by atoms with Crippen LogP contribution in [0, 0.1) is 12.3 Å². The van der Waals surface area contributed by atoms with E-state index in [1.54, 1.807) is 42.5 Å². The Hall–Kier alpha value is -3.76. The van der Waals surface area contributed by atoms with Crippen LogP contribution >= 0.6 is 11.6 Å². The molecule has 1 heterocycles. The number of hydrogen-bond donors (Lipinski definition) is 0. The lowest BCUT2D eigenvalue weighted by Gasteiger charge is -2.07. The summed E-state index contributed by atoms with van der Waals surface area (Å²) in [5.74, 6) is 1.27. The van der Waals surface area contributed by atoms with Gasteiger partial charge in [-0.05, 0) is 30.3 Å². The van der Waals surface area contributed by atoms with Crippen LogP contribution in [0.4, 0.5) is 0 Å². The van der Waals surface area contributed by atoms with E-state index in [1.807, 2.05) is 6.07 Å². The van der Waals surface area contributed by atoms with Gasteiger partial charge in [0.1, 0.15) is 23.6 Å². The van der Waals surface area contributed by atoms with Crippen LogP contribution in [-0.4, -0.2) is 42.5 Å². The molecule has 1 aromatic heterocycles. The van der Waals surface area contributed by atoms with E-state index in [0.29, 0.717) is 17.0 Å². The van der Waals surface area contributed by atoms with Gasteiger partial charge in [0, 0.05) is 5.56 Å². The number of terminal acetylenes is 1. The molecule has 0 unspecified atom stereocenters. The van der Waals surface area contributed by atoms with Gasteiger partial charge in [-0.15, -0.1) is 6.42 Å². The van der Waals surface area contributed by atoms with Crippen LogP contribution in [0.3, 0.4) is 0 Å². The molecule has 0 aliphatic heterocycles. The number of hydrogen-bond acceptors (Lipinski definition) is 6. The summed E-state index contributed by atoms with van der Waals surface area (Å²) in [7, 11) is 2.44. The number of aromatic nitrogens is 2. The van der Waals surface area contributed by atoms with E-state index in [4.69, 9.17) is 32.2 Å². The number of carbonyl (C=O) groups excluding carboxylic acids is 2. The molecular weight excluding hydrogens is 408 g/mol. The van der Waals surface area contributed by atoms with Crippen molar-refractivity contribution < 1.29 is 23.8 Å². The first-order chi connectivity index (χ1) is 14.5. The van der Waals surface area contributed by atoms with E-state index in [0.717, 1.165) is 0 Å². The number of benzene rings is 2. The Balaban J connectivity index is 2.25. The van der Waals surface area contributed by atoms with Crippen LogP contribution in [0.2, 0.25) is 5.02 Å². The smallest absolute Gasteiger partial charge is 0.357 e. The quantitative estimate of drug-likeness (QED) is 0.442. The monoisotopic (exact) mass is 424 g/mol. The van der Waals surface area contributed by atoms with Crippen LogP contribution in [0.1, 0.15) is 20.8 Å². The first-order valence-corrected chi connectivity index (χ1v) is 9.10. The molecule has 8 heteroatoms. The molecule has 0 radical (unpaired) electrons. The summed E-state index contributed by atoms with van der Waals surface area (Å²) in [6.45, 7) is 0.0571. The molecule has 0 atom stereocenters. The molecular formula is C22H17ClN2O5. The first-order valence-electron chi connectivity index (χ1n) is 8.73. The van der Waals surface area contributed by atoms with Gasteiger partial charge >= 0.3 is 11.9 Å². The standard InChI is InChI=1S/C22H17ClN2O5/c1-4-12-30-17-11-10-14(13-16(17)23)19-18(21(26)28-2)20(22(27)29-3)25(24-19)15-8-6-5-7-9-15/h1,5-11,13H,12H2,2-3H3. The van der Waals surface area contributed by atoms with Gasteiger partial charge in [0.05, 0.1) is 24.9 Å². The van der Waals surface area contributed by atoms with Gasteiger partial charge in [-0.3, -0.25) is 0 Å². The molecule has 0 aliphatic carbocycles. The Bertz CT molecular complexity index is 1130. The number of carbonyl (C=O) groups is 2. The van der Waals surface area contributed by atoms with Gasteiger partial charge in [-0.2, -0.15) is 5.10 Å². The lowest BCUT2D eigenvalue weighted by Crippen LogP contribution is -2.15. The fourth-order valence-corrected chi connectivity index (χ4v) is 3.08. The lowest BCUT2D eigenvalue weighted by atomic mass is 10.1. The average molecular weight is 425 g/mol. The molecule has 3 aromatic rings. The third-order valence-corrected chi connectivity index (χ3v) is 4.47. The van der Waals surface area contributed by atoms with E-state index in [9.17, 15) is 9.59 Å². The molecule has 7 nitrogen and oxygen atoms in total. The maximum Gasteiger partial charge on any atom is 0.357 e. The Kier molecular flexibility index (Phi) is 6.40. The van der Waals surface area contributed by atoms with E-state index >= 15 is 0 Å². The zero-order valence-electron chi connectivity index (χ0n) is 16.2. The van der Waals surface area contributed by atoms with Gasteiger partial charge in [0.15, 0.2) is 5.69 Å². The number of ether oxygens (including phenoxy) is 3. The highest BCUT2D eigenvalue weighted by Crippen LogP contribution is 2.34. The number of methoxy groups -OCH3 is 2. The molecule has 0 saturated heterocycles. The fourth-order valence-electron chi connectivity index (χ4n) is 2.84. The molecule has 3 rings (SSSR count). The fraction of sp³-hybridized carbons (Fsp3) is 0.136. The van der Waals surface area contributed by atoms with E-state index < -0.39 is 11.9 Å². The minimum absolute atomic E-state index is 0.0402. The third-order valence-electron chi connectivity index (χ3n) is 4.17. The van der Waals surface area contributed by atoms with Gasteiger partial charge in [0.25, 0.3) is 0 Å². The van der Waals surface area contributed by atoms with Gasteiger partial charge in [0.2, 0.25) is 0 Å². The van der Waals surface area contributed by atoms with Crippen LogP contribution in [0.25, 0.3) is 16.9 Å². The molecule has 0 spiro atoms. The number of halogens is 1. The maximum absolute atomic E-state index is 12.6. The van der Waals surface area contributed by atoms with Crippen molar-refractivity contribution in [1.29, 1.82) is 0 Å². The van der Waals surface area contributed by atoms with Crippen molar-refractivity contribution in [2.75, 3.05) is 20.8 Å². The molecule has 0 N–H and O–H groups in total. The van der Waals surface area contributed by atoms with Crippen molar-refractivity contribution in [3.8, 4) is 35.0 Å². The summed E-state index contributed by atoms with van der Waals surface area (Å²) in [6.07, 6.45) is 5.21. The van der Waals surface area contributed by atoms with Gasteiger partial charge in [-0.25, -0.2) is 14.3 Å². The second-order valence-corrected chi connectivity index (χ2v) is 6.35. The second-order valence-electron chi connectivity index (χ2n) is 5.94. The van der Waals surface area contributed by atoms with Gasteiger partial charge in [-0.1, -0.05) is 35.7 Å². The van der Waals surface area contributed by atoms with Crippen molar-refractivity contribution in [2.45, 2.75) is 0 Å². The molecule has 2 aromatic carbocycles. The first kappa shape index (κ1) is 21.0. The SMILES string of the molecule is C#CCOc1ccc(-c2nn(-c3ccccc3)c(C(=O)OC)c2C(=O)OC)cc1Cl. The van der Waals surface area contributed by atoms with Crippen molar-refractivity contribution in [1.82, 2.24) is 9.78 Å². The Morgan fingerprint density at radius 1 is 1.10 bits per heavy atom. The van der Waals surface area contributed by atoms with Crippen molar-refractivity contribution in [3.05, 3.63) is 64.8 Å². The molecule has 0 saturated carbocycles. The molecule has 0 bridgehead atoms. The summed E-state index contributed by atoms with van der Waals surface area (Å²) < 4.78 is 16.5. The molecule has 152 valence electrons. The zero-order valence-corrected chi connectivity index (χ0v) is 17.0. The summed E-state index contributed by atoms with van der Waals surface area (Å²) in [6, 6.07) is 13.7. The lowest BCUT2D eigenvalue weighted by molar-refractivity contribution is 0.0549. The Labute approximate surface area is 178 Å². The van der Waals surface area contributed by atoms with E-state index in [-0.39, 0.29) is 28.6 Å². The van der Waals surface area contributed by atoms with Crippen LogP contribution in [0.5, 0.6) is 5.75 Å². The maximum atomic E-state index is 12.6. The number of rotatable bonds is 6. The summed E-state index contributed by atoms with van der Waals surface area (Å²) in [4.78, 5) is 25.2. The van der Waals surface area contributed by atoms with Crippen molar-refractivity contribution in [2.24, 2.45) is 0 Å². The third kappa shape index (κ3) is 4.00. The topological polar surface area (TPSA) is 79.7 Å². The summed E-state index contributed by atoms with van der Waals surface area (Å²) in [5.41, 5.74) is 1.15.